The average Bonchev–Trinajstić information content (AvgIpc) is 3.05. The second-order valence-corrected chi connectivity index (χ2v) is 4.81. The zero-order valence-electron chi connectivity index (χ0n) is 10.7. The summed E-state index contributed by atoms with van der Waals surface area (Å²) in [4.78, 5) is 14.2. The third-order valence-corrected chi connectivity index (χ3v) is 3.56. The van der Waals surface area contributed by atoms with E-state index in [0.29, 0.717) is 24.6 Å². The molecule has 0 radical (unpaired) electrons. The fourth-order valence-electron chi connectivity index (χ4n) is 2.36. The van der Waals surface area contributed by atoms with Crippen LogP contribution in [0.5, 0.6) is 0 Å². The molecule has 2 aromatic rings. The van der Waals surface area contributed by atoms with Gasteiger partial charge in [0.1, 0.15) is 0 Å². The number of carbonyl (C=O) groups is 1. The first kappa shape index (κ1) is 12.0. The van der Waals surface area contributed by atoms with E-state index in [0.717, 1.165) is 17.3 Å². The highest BCUT2D eigenvalue weighted by Crippen LogP contribution is 2.21. The lowest BCUT2D eigenvalue weighted by Gasteiger charge is -2.22. The van der Waals surface area contributed by atoms with E-state index in [4.69, 9.17) is 10.5 Å². The Morgan fingerprint density at radius 3 is 3.16 bits per heavy atom. The number of ether oxygens (including phenoxy) is 1. The summed E-state index contributed by atoms with van der Waals surface area (Å²) in [6, 6.07) is 5.50. The molecule has 0 saturated carbocycles. The largest absolute Gasteiger partial charge is 0.399 e. The number of nitrogens with zero attached hydrogens (tertiary/aromatic N) is 2. The van der Waals surface area contributed by atoms with E-state index >= 15 is 0 Å². The Morgan fingerprint density at radius 1 is 1.58 bits per heavy atom. The number of nitrogens with two attached hydrogens (primary N) is 1. The number of hydrogen-bond donors (Lipinski definition) is 2. The van der Waals surface area contributed by atoms with Crippen LogP contribution in [-0.2, 0) is 4.74 Å². The van der Waals surface area contributed by atoms with Gasteiger partial charge >= 0.3 is 0 Å². The van der Waals surface area contributed by atoms with Gasteiger partial charge < -0.3 is 15.4 Å². The van der Waals surface area contributed by atoms with Crippen LogP contribution in [0, 0.1) is 0 Å². The molecular weight excluding hydrogens is 244 g/mol. The second kappa shape index (κ2) is 4.55. The Kier molecular flexibility index (Phi) is 2.87. The number of aromatic amines is 1. The number of nitrogen functional groups attached to an aromatic ring is 1. The van der Waals surface area contributed by atoms with Crippen molar-refractivity contribution in [1.29, 1.82) is 0 Å². The maximum absolute atomic E-state index is 12.5. The molecule has 0 spiro atoms. The Hall–Kier alpha value is -2.08. The topological polar surface area (TPSA) is 84.2 Å². The number of fused-ring (bicyclic) bond motifs is 1. The highest BCUT2D eigenvalue weighted by atomic mass is 16.5. The fraction of sp³-hybridized carbons (Fsp3) is 0.385. The zero-order chi connectivity index (χ0) is 13.4. The van der Waals surface area contributed by atoms with Crippen LogP contribution in [0.4, 0.5) is 5.69 Å². The summed E-state index contributed by atoms with van der Waals surface area (Å²) in [5.74, 6) is -0.104. The molecule has 1 aliphatic rings. The van der Waals surface area contributed by atoms with Gasteiger partial charge in [0.25, 0.3) is 5.91 Å². The van der Waals surface area contributed by atoms with Crippen molar-refractivity contribution in [3.05, 3.63) is 23.9 Å². The van der Waals surface area contributed by atoms with Crippen molar-refractivity contribution in [2.45, 2.75) is 12.5 Å². The Bertz CT molecular complexity index is 616. The molecule has 2 heterocycles. The van der Waals surface area contributed by atoms with Crippen LogP contribution in [0.25, 0.3) is 10.9 Å². The van der Waals surface area contributed by atoms with Gasteiger partial charge in [0.05, 0.1) is 18.2 Å². The van der Waals surface area contributed by atoms with Crippen LogP contribution in [0.2, 0.25) is 0 Å². The van der Waals surface area contributed by atoms with Crippen LogP contribution in [0.3, 0.4) is 0 Å². The van der Waals surface area contributed by atoms with Gasteiger partial charge in [0.15, 0.2) is 5.69 Å². The van der Waals surface area contributed by atoms with Crippen molar-refractivity contribution < 1.29 is 9.53 Å². The molecule has 19 heavy (non-hydrogen) atoms. The number of likely N-dealkylation sites (N-methyl/N-ethyl adjacent to an activating group) is 1. The Labute approximate surface area is 110 Å². The molecule has 1 aromatic carbocycles. The van der Waals surface area contributed by atoms with Gasteiger partial charge in [0.2, 0.25) is 0 Å². The molecule has 6 heteroatoms. The fourth-order valence-corrected chi connectivity index (χ4v) is 2.36. The van der Waals surface area contributed by atoms with Gasteiger partial charge in [-0.05, 0) is 24.6 Å². The SMILES string of the molecule is CN(C(=O)c1n[nH]c2ccc(N)cc12)C1CCOC1. The smallest absolute Gasteiger partial charge is 0.275 e. The average molecular weight is 260 g/mol. The summed E-state index contributed by atoms with van der Waals surface area (Å²) in [6.07, 6.45) is 0.868. The molecule has 6 nitrogen and oxygen atoms in total. The van der Waals surface area contributed by atoms with Crippen molar-refractivity contribution in [3.63, 3.8) is 0 Å². The quantitative estimate of drug-likeness (QED) is 0.789. The van der Waals surface area contributed by atoms with Crippen molar-refractivity contribution >= 4 is 22.5 Å². The minimum atomic E-state index is -0.104. The lowest BCUT2D eigenvalue weighted by atomic mass is 10.1. The van der Waals surface area contributed by atoms with Crippen molar-refractivity contribution in [3.8, 4) is 0 Å². The predicted octanol–water partition coefficient (Wildman–Crippen LogP) is 1.01. The number of hydrogen-bond acceptors (Lipinski definition) is 4. The summed E-state index contributed by atoms with van der Waals surface area (Å²) in [5, 5.41) is 7.73. The zero-order valence-corrected chi connectivity index (χ0v) is 10.7. The predicted molar refractivity (Wildman–Crippen MR) is 71.8 cm³/mol. The number of H-pyrrole nitrogens is 1. The van der Waals surface area contributed by atoms with Crippen LogP contribution < -0.4 is 5.73 Å². The monoisotopic (exact) mass is 260 g/mol. The number of aromatic nitrogens is 2. The molecule has 1 aromatic heterocycles. The highest BCUT2D eigenvalue weighted by molar-refractivity contribution is 6.05. The minimum Gasteiger partial charge on any atom is -0.399 e. The summed E-state index contributed by atoms with van der Waals surface area (Å²) in [6.45, 7) is 1.29. The lowest BCUT2D eigenvalue weighted by molar-refractivity contribution is 0.0707. The molecule has 0 aliphatic carbocycles. The van der Waals surface area contributed by atoms with Crippen molar-refractivity contribution in [1.82, 2.24) is 15.1 Å². The molecule has 1 aliphatic heterocycles. The Morgan fingerprint density at radius 2 is 2.42 bits per heavy atom. The molecule has 1 fully saturated rings. The van der Waals surface area contributed by atoms with E-state index in [2.05, 4.69) is 10.2 Å². The molecule has 3 rings (SSSR count). The Balaban J connectivity index is 1.94. The van der Waals surface area contributed by atoms with Crippen LogP contribution in [-0.4, -0.2) is 47.3 Å². The number of carbonyl (C=O) groups excluding carboxylic acids is 1. The van der Waals surface area contributed by atoms with Crippen molar-refractivity contribution in [2.24, 2.45) is 0 Å². The lowest BCUT2D eigenvalue weighted by Crippen LogP contribution is -2.37. The molecule has 100 valence electrons. The normalized spacial score (nSPS) is 18.9. The molecular formula is C13H16N4O2. The van der Waals surface area contributed by atoms with E-state index < -0.39 is 0 Å². The second-order valence-electron chi connectivity index (χ2n) is 4.81. The van der Waals surface area contributed by atoms with Gasteiger partial charge in [0, 0.05) is 24.7 Å². The maximum Gasteiger partial charge on any atom is 0.275 e. The molecule has 3 N–H and O–H groups in total. The number of anilines is 1. The van der Waals surface area contributed by atoms with Crippen LogP contribution in [0.1, 0.15) is 16.9 Å². The van der Waals surface area contributed by atoms with Gasteiger partial charge in [-0.2, -0.15) is 5.10 Å². The van der Waals surface area contributed by atoms with Crippen LogP contribution >= 0.6 is 0 Å². The number of benzene rings is 1. The van der Waals surface area contributed by atoms with E-state index in [1.54, 1.807) is 24.1 Å². The van der Waals surface area contributed by atoms with E-state index in [9.17, 15) is 4.79 Å². The number of rotatable bonds is 2. The van der Waals surface area contributed by atoms with E-state index in [1.165, 1.54) is 0 Å². The summed E-state index contributed by atoms with van der Waals surface area (Å²) in [7, 11) is 1.79. The molecule has 1 amide bonds. The van der Waals surface area contributed by atoms with Crippen LogP contribution in [0.15, 0.2) is 18.2 Å². The van der Waals surface area contributed by atoms with Gasteiger partial charge in [-0.1, -0.05) is 0 Å². The number of nitrogens with one attached hydrogen (secondary N) is 1. The minimum absolute atomic E-state index is 0.104. The molecule has 1 saturated heterocycles. The first-order chi connectivity index (χ1) is 9.16. The molecule has 1 unspecified atom stereocenters. The van der Waals surface area contributed by atoms with Gasteiger partial charge in [-0.25, -0.2) is 0 Å². The summed E-state index contributed by atoms with van der Waals surface area (Å²) < 4.78 is 5.31. The number of amides is 1. The molecule has 1 atom stereocenters. The van der Waals surface area contributed by atoms with E-state index in [1.807, 2.05) is 6.07 Å². The van der Waals surface area contributed by atoms with Gasteiger partial charge in [-0.3, -0.25) is 9.89 Å². The summed E-state index contributed by atoms with van der Waals surface area (Å²) in [5.41, 5.74) is 7.61. The maximum atomic E-state index is 12.5. The van der Waals surface area contributed by atoms with Crippen molar-refractivity contribution in [2.75, 3.05) is 26.0 Å². The first-order valence-electron chi connectivity index (χ1n) is 6.25. The molecule has 0 bridgehead atoms. The first-order valence-corrected chi connectivity index (χ1v) is 6.25. The third-order valence-electron chi connectivity index (χ3n) is 3.56. The van der Waals surface area contributed by atoms with Gasteiger partial charge in [-0.15, -0.1) is 0 Å². The third kappa shape index (κ3) is 2.04. The standard InChI is InChI=1S/C13H16N4O2/c1-17(9-4-5-19-7-9)13(18)12-10-6-8(14)2-3-11(10)15-16-12/h2-3,6,9H,4-5,7,14H2,1H3,(H,15,16). The van der Waals surface area contributed by atoms with E-state index in [-0.39, 0.29) is 11.9 Å². The summed E-state index contributed by atoms with van der Waals surface area (Å²) >= 11 is 0. The highest BCUT2D eigenvalue weighted by Gasteiger charge is 2.27.